The van der Waals surface area contributed by atoms with Crippen molar-refractivity contribution < 1.29 is 14.3 Å². The molecule has 224 valence electrons. The largest absolute Gasteiger partial charge is 0.496 e. The maximum Gasteiger partial charge on any atom is 0.338 e. The highest BCUT2D eigenvalue weighted by atomic mass is 32.1. The summed E-state index contributed by atoms with van der Waals surface area (Å²) in [7, 11) is 1.60. The summed E-state index contributed by atoms with van der Waals surface area (Å²) in [6, 6.07) is 27.2. The number of nitrogens with zero attached hydrogens (tertiary/aromatic N) is 2. The lowest BCUT2D eigenvalue weighted by Crippen LogP contribution is -2.40. The number of rotatable bonds is 6. The average Bonchev–Trinajstić information content (AvgIpc) is 3.58. The van der Waals surface area contributed by atoms with Gasteiger partial charge in [-0.25, -0.2) is 9.79 Å². The van der Waals surface area contributed by atoms with Crippen LogP contribution in [0.1, 0.15) is 36.6 Å². The SMILES string of the molecule is CCOC(=O)C1=C(C)N=c2s/c(=C/c3c(-c4ccccc4)[nH]c4c(C)cccc34)c(=O)n2[C@H]1c1c(OC)ccc2ccccc12. The quantitative estimate of drug-likeness (QED) is 0.220. The Morgan fingerprint density at radius 1 is 0.978 bits per heavy atom. The van der Waals surface area contributed by atoms with E-state index in [0.29, 0.717) is 31.9 Å². The first-order valence-corrected chi connectivity index (χ1v) is 15.6. The number of para-hydroxylation sites is 1. The molecule has 1 aliphatic rings. The Morgan fingerprint density at radius 2 is 1.73 bits per heavy atom. The van der Waals surface area contributed by atoms with Gasteiger partial charge in [0.2, 0.25) is 0 Å². The van der Waals surface area contributed by atoms with Gasteiger partial charge in [0.25, 0.3) is 5.56 Å². The van der Waals surface area contributed by atoms with Crippen LogP contribution < -0.4 is 19.6 Å². The van der Waals surface area contributed by atoms with Crippen LogP contribution in [-0.2, 0) is 9.53 Å². The summed E-state index contributed by atoms with van der Waals surface area (Å²) in [6.07, 6.45) is 1.95. The molecular formula is C37H31N3O4S. The summed E-state index contributed by atoms with van der Waals surface area (Å²) in [5.74, 6) is 0.0646. The Labute approximate surface area is 263 Å². The van der Waals surface area contributed by atoms with Crippen LogP contribution in [0.5, 0.6) is 5.75 Å². The minimum absolute atomic E-state index is 0.196. The molecule has 0 radical (unpaired) electrons. The zero-order chi connectivity index (χ0) is 31.2. The molecule has 45 heavy (non-hydrogen) atoms. The number of carbonyl (C=O) groups excluding carboxylic acids is 1. The summed E-state index contributed by atoms with van der Waals surface area (Å²) in [6.45, 7) is 5.83. The van der Waals surface area contributed by atoms with E-state index < -0.39 is 12.0 Å². The number of H-pyrrole nitrogens is 1. The third-order valence-corrected chi connectivity index (χ3v) is 9.34. The van der Waals surface area contributed by atoms with Gasteiger partial charge in [-0.2, -0.15) is 0 Å². The number of nitrogens with one attached hydrogen (secondary N) is 1. The van der Waals surface area contributed by atoms with Gasteiger partial charge in [-0.05, 0) is 54.8 Å². The minimum atomic E-state index is -0.803. The molecule has 7 rings (SSSR count). The van der Waals surface area contributed by atoms with Gasteiger partial charge in [0, 0.05) is 22.0 Å². The van der Waals surface area contributed by atoms with Crippen LogP contribution in [0, 0.1) is 6.92 Å². The van der Waals surface area contributed by atoms with Crippen LogP contribution in [0.25, 0.3) is 39.0 Å². The summed E-state index contributed by atoms with van der Waals surface area (Å²) in [5, 5.41) is 2.87. The van der Waals surface area contributed by atoms with Crippen LogP contribution >= 0.6 is 11.3 Å². The Morgan fingerprint density at radius 3 is 2.51 bits per heavy atom. The molecule has 0 unspecified atom stereocenters. The summed E-state index contributed by atoms with van der Waals surface area (Å²) < 4.78 is 13.5. The van der Waals surface area contributed by atoms with E-state index in [-0.39, 0.29) is 12.2 Å². The summed E-state index contributed by atoms with van der Waals surface area (Å²) in [4.78, 5) is 37.1. The predicted octanol–water partition coefficient (Wildman–Crippen LogP) is 6.42. The third-order valence-electron chi connectivity index (χ3n) is 8.36. The summed E-state index contributed by atoms with van der Waals surface area (Å²) in [5.41, 5.74) is 6.31. The Kier molecular flexibility index (Phi) is 7.22. The van der Waals surface area contributed by atoms with E-state index in [1.54, 1.807) is 25.5 Å². The topological polar surface area (TPSA) is 85.7 Å². The molecule has 0 fully saturated rings. The molecule has 0 saturated carbocycles. The van der Waals surface area contributed by atoms with Crippen molar-refractivity contribution in [1.29, 1.82) is 0 Å². The van der Waals surface area contributed by atoms with Crippen LogP contribution in [0.2, 0.25) is 0 Å². The number of hydrogen-bond acceptors (Lipinski definition) is 6. The molecule has 6 aromatic rings. The second-order valence-corrected chi connectivity index (χ2v) is 12.0. The molecule has 0 amide bonds. The molecule has 2 aromatic heterocycles. The van der Waals surface area contributed by atoms with Crippen LogP contribution in [0.4, 0.5) is 0 Å². The number of aromatic amines is 1. The molecular weight excluding hydrogens is 582 g/mol. The molecule has 8 heteroatoms. The van der Waals surface area contributed by atoms with Gasteiger partial charge in [-0.15, -0.1) is 0 Å². The fraction of sp³-hybridized carbons (Fsp3) is 0.162. The zero-order valence-electron chi connectivity index (χ0n) is 25.4. The van der Waals surface area contributed by atoms with Crippen molar-refractivity contribution in [3.8, 4) is 17.0 Å². The number of allylic oxidation sites excluding steroid dienone is 1. The zero-order valence-corrected chi connectivity index (χ0v) is 26.2. The van der Waals surface area contributed by atoms with Crippen molar-refractivity contribution in [2.45, 2.75) is 26.8 Å². The fourth-order valence-corrected chi connectivity index (χ4v) is 7.33. The first-order chi connectivity index (χ1) is 21.9. The van der Waals surface area contributed by atoms with Crippen LogP contribution in [0.15, 0.2) is 106 Å². The predicted molar refractivity (Wildman–Crippen MR) is 179 cm³/mol. The van der Waals surface area contributed by atoms with Gasteiger partial charge in [0.15, 0.2) is 4.80 Å². The Hall–Kier alpha value is -5.21. The van der Waals surface area contributed by atoms with Crippen LogP contribution in [-0.4, -0.2) is 29.2 Å². The normalized spacial score (nSPS) is 14.9. The number of fused-ring (bicyclic) bond motifs is 3. The molecule has 0 bridgehead atoms. The second-order valence-electron chi connectivity index (χ2n) is 11.0. The molecule has 7 nitrogen and oxygen atoms in total. The number of hydrogen-bond donors (Lipinski definition) is 1. The number of aryl methyl sites for hydroxylation is 1. The van der Waals surface area contributed by atoms with E-state index >= 15 is 0 Å². The van der Waals surface area contributed by atoms with E-state index in [0.717, 1.165) is 44.1 Å². The molecule has 4 aromatic carbocycles. The summed E-state index contributed by atoms with van der Waals surface area (Å²) >= 11 is 1.31. The standard InChI is InChI=1S/C37H31N3O4S/c1-5-44-36(42)30-22(3)38-37-40(34(30)31-25-16-10-9-13-23(25)18-19-28(31)43-4)35(41)29(45-37)20-27-26-17-11-12-21(2)32(26)39-33(27)24-14-7-6-8-15-24/h6-20,34,39H,5H2,1-4H3/b29-20+/t34-/m1/s1. The van der Waals surface area contributed by atoms with E-state index in [1.165, 1.54) is 11.3 Å². The molecule has 1 atom stereocenters. The van der Waals surface area contributed by atoms with Crippen molar-refractivity contribution in [2.24, 2.45) is 4.99 Å². The number of aromatic nitrogens is 2. The lowest BCUT2D eigenvalue weighted by Gasteiger charge is -2.27. The van der Waals surface area contributed by atoms with E-state index in [2.05, 4.69) is 36.2 Å². The fourth-order valence-electron chi connectivity index (χ4n) is 6.30. The van der Waals surface area contributed by atoms with Crippen molar-refractivity contribution in [3.63, 3.8) is 0 Å². The van der Waals surface area contributed by atoms with Gasteiger partial charge < -0.3 is 14.5 Å². The van der Waals surface area contributed by atoms with Gasteiger partial charge in [-0.3, -0.25) is 9.36 Å². The molecule has 1 N–H and O–H groups in total. The highest BCUT2D eigenvalue weighted by molar-refractivity contribution is 7.07. The monoisotopic (exact) mass is 613 g/mol. The van der Waals surface area contributed by atoms with Crippen molar-refractivity contribution in [1.82, 2.24) is 9.55 Å². The highest BCUT2D eigenvalue weighted by Gasteiger charge is 2.36. The highest BCUT2D eigenvalue weighted by Crippen LogP contribution is 2.40. The van der Waals surface area contributed by atoms with E-state index in [1.807, 2.05) is 66.7 Å². The van der Waals surface area contributed by atoms with Crippen LogP contribution in [0.3, 0.4) is 0 Å². The van der Waals surface area contributed by atoms with Crippen molar-refractivity contribution in [3.05, 3.63) is 133 Å². The second kappa shape index (κ2) is 11.4. The smallest absolute Gasteiger partial charge is 0.338 e. The Bertz CT molecular complexity index is 2340. The molecule has 0 spiro atoms. The van der Waals surface area contributed by atoms with Gasteiger partial charge in [0.1, 0.15) is 11.8 Å². The molecule has 3 heterocycles. The van der Waals surface area contributed by atoms with Gasteiger partial charge in [0.05, 0.1) is 35.2 Å². The van der Waals surface area contributed by atoms with Gasteiger partial charge >= 0.3 is 5.97 Å². The van der Waals surface area contributed by atoms with Crippen molar-refractivity contribution >= 4 is 45.1 Å². The molecule has 1 aliphatic heterocycles. The number of esters is 1. The average molecular weight is 614 g/mol. The number of thiazole rings is 1. The van der Waals surface area contributed by atoms with Gasteiger partial charge in [-0.1, -0.05) is 90.2 Å². The number of methoxy groups -OCH3 is 1. The lowest BCUT2D eigenvalue weighted by atomic mass is 9.90. The Balaban J connectivity index is 1.54. The van der Waals surface area contributed by atoms with E-state index in [4.69, 9.17) is 14.5 Å². The minimum Gasteiger partial charge on any atom is -0.496 e. The maximum atomic E-state index is 14.6. The third kappa shape index (κ3) is 4.69. The molecule has 0 saturated heterocycles. The first kappa shape index (κ1) is 28.6. The number of carbonyl (C=O) groups is 1. The lowest BCUT2D eigenvalue weighted by molar-refractivity contribution is -0.139. The maximum absolute atomic E-state index is 14.6. The van der Waals surface area contributed by atoms with E-state index in [9.17, 15) is 9.59 Å². The number of benzene rings is 4. The first-order valence-electron chi connectivity index (χ1n) is 14.8. The van der Waals surface area contributed by atoms with Crippen molar-refractivity contribution in [2.75, 3.05) is 13.7 Å². The molecule has 0 aliphatic carbocycles. The number of ether oxygens (including phenoxy) is 2.